The van der Waals surface area contributed by atoms with Crippen molar-refractivity contribution >= 4 is 6.21 Å². The van der Waals surface area contributed by atoms with Crippen LogP contribution >= 0.6 is 0 Å². The number of rotatable bonds is 1. The Kier molecular flexibility index (Phi) is 2.36. The van der Waals surface area contributed by atoms with Gasteiger partial charge in [0.05, 0.1) is 6.21 Å². The van der Waals surface area contributed by atoms with E-state index in [0.29, 0.717) is 0 Å². The molecule has 0 spiro atoms. The molecule has 1 heterocycles. The molecule has 0 unspecified atom stereocenters. The highest BCUT2D eigenvalue weighted by atomic mass is 16.3. The third-order valence-electron chi connectivity index (χ3n) is 1.62. The standard InChI is InChI=1S/C10H15NO/c1-10(2,3)9-6-5-8(12-9)7-11-4/h5-7H,1-4H3. The van der Waals surface area contributed by atoms with Crippen LogP contribution in [0.3, 0.4) is 0 Å². The minimum absolute atomic E-state index is 0.0832. The summed E-state index contributed by atoms with van der Waals surface area (Å²) >= 11 is 0. The summed E-state index contributed by atoms with van der Waals surface area (Å²) in [5.74, 6) is 1.82. The van der Waals surface area contributed by atoms with Crippen LogP contribution in [0.1, 0.15) is 32.3 Å². The molecule has 12 heavy (non-hydrogen) atoms. The molecule has 1 aromatic heterocycles. The quantitative estimate of drug-likeness (QED) is 0.587. The maximum Gasteiger partial charge on any atom is 0.144 e. The van der Waals surface area contributed by atoms with E-state index in [1.807, 2.05) is 12.1 Å². The lowest BCUT2D eigenvalue weighted by molar-refractivity contribution is 0.406. The fourth-order valence-corrected chi connectivity index (χ4v) is 0.953. The molecule has 0 fully saturated rings. The summed E-state index contributed by atoms with van der Waals surface area (Å²) in [5, 5.41) is 0. The van der Waals surface area contributed by atoms with E-state index in [-0.39, 0.29) is 5.41 Å². The third-order valence-corrected chi connectivity index (χ3v) is 1.62. The number of aliphatic imine (C=N–C) groups is 1. The average molecular weight is 165 g/mol. The summed E-state index contributed by atoms with van der Waals surface area (Å²) in [4.78, 5) is 3.88. The van der Waals surface area contributed by atoms with E-state index in [4.69, 9.17) is 4.42 Å². The van der Waals surface area contributed by atoms with Crippen molar-refractivity contribution in [2.75, 3.05) is 7.05 Å². The summed E-state index contributed by atoms with van der Waals surface area (Å²) in [7, 11) is 1.74. The van der Waals surface area contributed by atoms with Crippen LogP contribution in [0.4, 0.5) is 0 Å². The fraction of sp³-hybridized carbons (Fsp3) is 0.500. The lowest BCUT2D eigenvalue weighted by Crippen LogP contribution is -2.09. The Bertz CT molecular complexity index is 278. The van der Waals surface area contributed by atoms with Gasteiger partial charge in [-0.25, -0.2) is 0 Å². The maximum atomic E-state index is 5.54. The first-order valence-electron chi connectivity index (χ1n) is 4.06. The van der Waals surface area contributed by atoms with Gasteiger partial charge in [0.15, 0.2) is 0 Å². The second-order valence-corrected chi connectivity index (χ2v) is 3.84. The van der Waals surface area contributed by atoms with Crippen LogP contribution in [0.25, 0.3) is 0 Å². The molecule has 0 aliphatic heterocycles. The Morgan fingerprint density at radius 3 is 2.42 bits per heavy atom. The minimum Gasteiger partial charge on any atom is -0.460 e. The molecule has 0 bridgehead atoms. The van der Waals surface area contributed by atoms with Gasteiger partial charge in [0.1, 0.15) is 11.5 Å². The number of hydrogen-bond donors (Lipinski definition) is 0. The van der Waals surface area contributed by atoms with Crippen molar-refractivity contribution in [2.45, 2.75) is 26.2 Å². The van der Waals surface area contributed by atoms with Crippen molar-refractivity contribution in [2.24, 2.45) is 4.99 Å². The highest BCUT2D eigenvalue weighted by Crippen LogP contribution is 2.23. The van der Waals surface area contributed by atoms with Gasteiger partial charge in [-0.2, -0.15) is 0 Å². The molecule has 2 nitrogen and oxygen atoms in total. The van der Waals surface area contributed by atoms with E-state index in [2.05, 4.69) is 25.8 Å². The molecule has 0 aliphatic carbocycles. The molecule has 0 N–H and O–H groups in total. The molecule has 0 aromatic carbocycles. The first-order chi connectivity index (χ1) is 5.54. The van der Waals surface area contributed by atoms with Crippen LogP contribution in [0.2, 0.25) is 0 Å². The Morgan fingerprint density at radius 2 is 2.00 bits per heavy atom. The van der Waals surface area contributed by atoms with Gasteiger partial charge in [0.25, 0.3) is 0 Å². The molecule has 0 aliphatic rings. The minimum atomic E-state index is 0.0832. The highest BCUT2D eigenvalue weighted by molar-refractivity contribution is 5.75. The van der Waals surface area contributed by atoms with Crippen molar-refractivity contribution in [3.63, 3.8) is 0 Å². The second kappa shape index (κ2) is 3.13. The molecule has 0 radical (unpaired) electrons. The Hall–Kier alpha value is -1.05. The summed E-state index contributed by atoms with van der Waals surface area (Å²) in [6.07, 6.45) is 1.72. The van der Waals surface area contributed by atoms with Crippen LogP contribution in [0.15, 0.2) is 21.5 Å². The fourth-order valence-electron chi connectivity index (χ4n) is 0.953. The Morgan fingerprint density at radius 1 is 1.33 bits per heavy atom. The Balaban J connectivity index is 2.92. The van der Waals surface area contributed by atoms with Gasteiger partial charge in [-0.15, -0.1) is 0 Å². The van der Waals surface area contributed by atoms with Crippen LogP contribution in [0, 0.1) is 0 Å². The van der Waals surface area contributed by atoms with Crippen molar-refractivity contribution in [1.29, 1.82) is 0 Å². The smallest absolute Gasteiger partial charge is 0.144 e. The third kappa shape index (κ3) is 1.97. The lowest BCUT2D eigenvalue weighted by Gasteiger charge is -2.13. The van der Waals surface area contributed by atoms with Crippen molar-refractivity contribution in [3.8, 4) is 0 Å². The van der Waals surface area contributed by atoms with E-state index in [1.54, 1.807) is 13.3 Å². The highest BCUT2D eigenvalue weighted by Gasteiger charge is 2.17. The van der Waals surface area contributed by atoms with Gasteiger partial charge in [-0.1, -0.05) is 20.8 Å². The summed E-state index contributed by atoms with van der Waals surface area (Å²) in [6.45, 7) is 6.37. The van der Waals surface area contributed by atoms with Crippen LogP contribution < -0.4 is 0 Å². The van der Waals surface area contributed by atoms with Gasteiger partial charge in [0, 0.05) is 12.5 Å². The molecular weight excluding hydrogens is 150 g/mol. The van der Waals surface area contributed by atoms with Gasteiger partial charge >= 0.3 is 0 Å². The molecule has 66 valence electrons. The second-order valence-electron chi connectivity index (χ2n) is 3.84. The molecular formula is C10H15NO. The Labute approximate surface area is 73.3 Å². The van der Waals surface area contributed by atoms with Crippen molar-refractivity contribution in [3.05, 3.63) is 23.7 Å². The predicted octanol–water partition coefficient (Wildman–Crippen LogP) is 2.63. The van der Waals surface area contributed by atoms with Gasteiger partial charge in [-0.05, 0) is 12.1 Å². The van der Waals surface area contributed by atoms with Gasteiger partial charge in [0.2, 0.25) is 0 Å². The van der Waals surface area contributed by atoms with E-state index in [1.165, 1.54) is 0 Å². The monoisotopic (exact) mass is 165 g/mol. The molecule has 0 atom stereocenters. The van der Waals surface area contributed by atoms with E-state index in [0.717, 1.165) is 11.5 Å². The summed E-state index contributed by atoms with van der Waals surface area (Å²) in [6, 6.07) is 3.94. The van der Waals surface area contributed by atoms with E-state index in [9.17, 15) is 0 Å². The zero-order valence-corrected chi connectivity index (χ0v) is 8.09. The predicted molar refractivity (Wildman–Crippen MR) is 50.9 cm³/mol. The van der Waals surface area contributed by atoms with Gasteiger partial charge < -0.3 is 4.42 Å². The maximum absolute atomic E-state index is 5.54. The van der Waals surface area contributed by atoms with Crippen LogP contribution in [-0.2, 0) is 5.41 Å². The largest absolute Gasteiger partial charge is 0.460 e. The van der Waals surface area contributed by atoms with Crippen molar-refractivity contribution in [1.82, 2.24) is 0 Å². The van der Waals surface area contributed by atoms with E-state index < -0.39 is 0 Å². The molecule has 2 heteroatoms. The SMILES string of the molecule is CN=Cc1ccc(C(C)(C)C)o1. The molecule has 1 rings (SSSR count). The summed E-state index contributed by atoms with van der Waals surface area (Å²) in [5.41, 5.74) is 0.0832. The zero-order valence-electron chi connectivity index (χ0n) is 8.09. The normalized spacial score (nSPS) is 12.7. The number of furan rings is 1. The molecule has 0 saturated carbocycles. The number of nitrogens with zero attached hydrogens (tertiary/aromatic N) is 1. The first-order valence-corrected chi connectivity index (χ1v) is 4.06. The molecule has 1 aromatic rings. The molecule has 0 saturated heterocycles. The lowest BCUT2D eigenvalue weighted by atomic mass is 9.94. The van der Waals surface area contributed by atoms with Crippen LogP contribution in [0.5, 0.6) is 0 Å². The number of hydrogen-bond acceptors (Lipinski definition) is 2. The molecule has 0 amide bonds. The average Bonchev–Trinajstić information content (AvgIpc) is 2.35. The van der Waals surface area contributed by atoms with Crippen LogP contribution in [-0.4, -0.2) is 13.3 Å². The summed E-state index contributed by atoms with van der Waals surface area (Å²) < 4.78 is 5.54. The van der Waals surface area contributed by atoms with Crippen molar-refractivity contribution < 1.29 is 4.42 Å². The first kappa shape index (κ1) is 9.04. The van der Waals surface area contributed by atoms with E-state index >= 15 is 0 Å². The topological polar surface area (TPSA) is 25.5 Å². The van der Waals surface area contributed by atoms with Gasteiger partial charge in [-0.3, -0.25) is 4.99 Å². The zero-order chi connectivity index (χ0) is 9.19.